The molecule has 2 saturated carbocycles. The molecule has 4 heteroatoms. The molecule has 0 spiro atoms. The van der Waals surface area contributed by atoms with Gasteiger partial charge in [-0.2, -0.15) is 0 Å². The van der Waals surface area contributed by atoms with Crippen LogP contribution in [0.15, 0.2) is 24.3 Å². The van der Waals surface area contributed by atoms with Gasteiger partial charge in [-0.1, -0.05) is 0 Å². The number of nitrogens with one attached hydrogen (secondary N) is 2. The monoisotopic (exact) mass is 271 g/mol. The van der Waals surface area contributed by atoms with Crippen molar-refractivity contribution in [3.05, 3.63) is 24.3 Å². The normalized spacial score (nSPS) is 22.2. The standard InChI is InChI=1S/C16H21N3O/c20-16-17-9-10-19(16)14-7-5-13(6-8-14)18-15(11-1-2-11)12-3-4-12/h5-8,11-12,15,18H,1-4,9-10H2,(H,17,20). The highest BCUT2D eigenvalue weighted by molar-refractivity contribution is 5.94. The lowest BCUT2D eigenvalue weighted by Gasteiger charge is -2.20. The molecule has 3 aliphatic rings. The zero-order valence-corrected chi connectivity index (χ0v) is 11.6. The lowest BCUT2D eigenvalue weighted by molar-refractivity contribution is 0.252. The molecule has 20 heavy (non-hydrogen) atoms. The fraction of sp³-hybridized carbons (Fsp3) is 0.562. The molecule has 2 amide bonds. The van der Waals surface area contributed by atoms with Gasteiger partial charge in [0.05, 0.1) is 0 Å². The Morgan fingerprint density at radius 1 is 1.10 bits per heavy atom. The first kappa shape index (κ1) is 12.1. The van der Waals surface area contributed by atoms with E-state index in [4.69, 9.17) is 0 Å². The number of hydrogen-bond acceptors (Lipinski definition) is 2. The van der Waals surface area contributed by atoms with Crippen LogP contribution in [-0.2, 0) is 0 Å². The summed E-state index contributed by atoms with van der Waals surface area (Å²) < 4.78 is 0. The van der Waals surface area contributed by atoms with Gasteiger partial charge in [0.1, 0.15) is 0 Å². The molecule has 2 aliphatic carbocycles. The first-order valence-corrected chi connectivity index (χ1v) is 7.73. The molecule has 0 aromatic heterocycles. The zero-order valence-electron chi connectivity index (χ0n) is 11.6. The summed E-state index contributed by atoms with van der Waals surface area (Å²) in [4.78, 5) is 13.4. The highest BCUT2D eigenvalue weighted by Crippen LogP contribution is 2.45. The Labute approximate surface area is 119 Å². The number of urea groups is 1. The van der Waals surface area contributed by atoms with Crippen molar-refractivity contribution in [1.29, 1.82) is 0 Å². The van der Waals surface area contributed by atoms with Gasteiger partial charge in [0.25, 0.3) is 0 Å². The largest absolute Gasteiger partial charge is 0.382 e. The van der Waals surface area contributed by atoms with Crippen molar-refractivity contribution in [1.82, 2.24) is 5.32 Å². The quantitative estimate of drug-likeness (QED) is 0.865. The van der Waals surface area contributed by atoms with Crippen LogP contribution in [0.25, 0.3) is 0 Å². The van der Waals surface area contributed by atoms with Crippen molar-refractivity contribution in [2.24, 2.45) is 11.8 Å². The van der Waals surface area contributed by atoms with E-state index in [2.05, 4.69) is 22.8 Å². The topological polar surface area (TPSA) is 44.4 Å². The van der Waals surface area contributed by atoms with Crippen molar-refractivity contribution in [2.45, 2.75) is 31.7 Å². The second kappa shape index (κ2) is 4.69. The van der Waals surface area contributed by atoms with Gasteiger partial charge in [0.15, 0.2) is 0 Å². The molecule has 1 aromatic carbocycles. The number of anilines is 2. The third kappa shape index (κ3) is 2.35. The van der Waals surface area contributed by atoms with Crippen LogP contribution in [0.4, 0.5) is 16.2 Å². The molecule has 0 radical (unpaired) electrons. The van der Waals surface area contributed by atoms with Crippen molar-refractivity contribution < 1.29 is 4.79 Å². The lowest BCUT2D eigenvalue weighted by Crippen LogP contribution is -2.27. The average molecular weight is 271 g/mol. The number of amides is 2. The maximum Gasteiger partial charge on any atom is 0.321 e. The van der Waals surface area contributed by atoms with Gasteiger partial charge in [0, 0.05) is 30.5 Å². The molecular weight excluding hydrogens is 250 g/mol. The fourth-order valence-electron chi connectivity index (χ4n) is 3.18. The number of carbonyl (C=O) groups is 1. The van der Waals surface area contributed by atoms with Gasteiger partial charge in [-0.3, -0.25) is 4.90 Å². The van der Waals surface area contributed by atoms with Crippen LogP contribution >= 0.6 is 0 Å². The smallest absolute Gasteiger partial charge is 0.321 e. The summed E-state index contributed by atoms with van der Waals surface area (Å²) in [5, 5.41) is 6.55. The average Bonchev–Trinajstić information content (AvgIpc) is 3.36. The Bertz CT molecular complexity index is 493. The van der Waals surface area contributed by atoms with Gasteiger partial charge in [-0.05, 0) is 61.8 Å². The van der Waals surface area contributed by atoms with Crippen LogP contribution < -0.4 is 15.5 Å². The summed E-state index contributed by atoms with van der Waals surface area (Å²) >= 11 is 0. The number of rotatable bonds is 5. The Hall–Kier alpha value is -1.71. The van der Waals surface area contributed by atoms with Crippen LogP contribution in [0.1, 0.15) is 25.7 Å². The molecular formula is C16H21N3O. The Balaban J connectivity index is 1.45. The number of carbonyl (C=O) groups excluding carboxylic acids is 1. The summed E-state index contributed by atoms with van der Waals surface area (Å²) in [5.74, 6) is 1.79. The van der Waals surface area contributed by atoms with Gasteiger partial charge in [-0.25, -0.2) is 4.79 Å². The Morgan fingerprint density at radius 3 is 2.25 bits per heavy atom. The highest BCUT2D eigenvalue weighted by Gasteiger charge is 2.41. The molecule has 3 fully saturated rings. The van der Waals surface area contributed by atoms with Crippen molar-refractivity contribution >= 4 is 17.4 Å². The second-order valence-corrected chi connectivity index (χ2v) is 6.28. The SMILES string of the molecule is O=C1NCCN1c1ccc(NC(C2CC2)C2CC2)cc1. The summed E-state index contributed by atoms with van der Waals surface area (Å²) in [5.41, 5.74) is 2.18. The van der Waals surface area contributed by atoms with Crippen LogP contribution in [0.3, 0.4) is 0 Å². The Morgan fingerprint density at radius 2 is 1.75 bits per heavy atom. The minimum absolute atomic E-state index is 0.0135. The first-order chi connectivity index (χ1) is 9.81. The fourth-order valence-corrected chi connectivity index (χ4v) is 3.18. The Kier molecular flexibility index (Phi) is 2.83. The van der Waals surface area contributed by atoms with E-state index in [1.54, 1.807) is 4.90 Å². The summed E-state index contributed by atoms with van der Waals surface area (Å²) in [7, 11) is 0. The predicted molar refractivity (Wildman–Crippen MR) is 80.0 cm³/mol. The predicted octanol–water partition coefficient (Wildman–Crippen LogP) is 2.82. The highest BCUT2D eigenvalue weighted by atomic mass is 16.2. The lowest BCUT2D eigenvalue weighted by atomic mass is 10.1. The van der Waals surface area contributed by atoms with E-state index in [-0.39, 0.29) is 6.03 Å². The molecule has 4 rings (SSSR count). The van der Waals surface area contributed by atoms with E-state index < -0.39 is 0 Å². The molecule has 4 nitrogen and oxygen atoms in total. The molecule has 2 N–H and O–H groups in total. The van der Waals surface area contributed by atoms with E-state index in [0.717, 1.165) is 30.6 Å². The molecule has 1 heterocycles. The zero-order chi connectivity index (χ0) is 13.5. The van der Waals surface area contributed by atoms with Crippen LogP contribution in [-0.4, -0.2) is 25.2 Å². The maximum atomic E-state index is 11.6. The third-order valence-corrected chi connectivity index (χ3v) is 4.63. The van der Waals surface area contributed by atoms with E-state index in [0.29, 0.717) is 6.04 Å². The minimum atomic E-state index is 0.0135. The van der Waals surface area contributed by atoms with E-state index in [1.165, 1.54) is 31.4 Å². The molecule has 0 bridgehead atoms. The second-order valence-electron chi connectivity index (χ2n) is 6.28. The van der Waals surface area contributed by atoms with E-state index >= 15 is 0 Å². The maximum absolute atomic E-state index is 11.6. The molecule has 0 atom stereocenters. The number of hydrogen-bond donors (Lipinski definition) is 2. The molecule has 106 valence electrons. The van der Waals surface area contributed by atoms with E-state index in [9.17, 15) is 4.79 Å². The number of nitrogens with zero attached hydrogens (tertiary/aromatic N) is 1. The number of benzene rings is 1. The van der Waals surface area contributed by atoms with Crippen LogP contribution in [0.5, 0.6) is 0 Å². The van der Waals surface area contributed by atoms with Gasteiger partial charge >= 0.3 is 6.03 Å². The molecule has 0 unspecified atom stereocenters. The van der Waals surface area contributed by atoms with Crippen LogP contribution in [0, 0.1) is 11.8 Å². The van der Waals surface area contributed by atoms with Crippen molar-refractivity contribution in [3.63, 3.8) is 0 Å². The third-order valence-electron chi connectivity index (χ3n) is 4.63. The van der Waals surface area contributed by atoms with Crippen molar-refractivity contribution in [2.75, 3.05) is 23.3 Å². The summed E-state index contributed by atoms with van der Waals surface area (Å²) in [6.07, 6.45) is 5.56. The van der Waals surface area contributed by atoms with E-state index in [1.807, 2.05) is 12.1 Å². The molecule has 1 aliphatic heterocycles. The minimum Gasteiger partial charge on any atom is -0.382 e. The van der Waals surface area contributed by atoms with Gasteiger partial charge in [0.2, 0.25) is 0 Å². The summed E-state index contributed by atoms with van der Waals surface area (Å²) in [6.45, 7) is 1.50. The van der Waals surface area contributed by atoms with Gasteiger partial charge in [-0.15, -0.1) is 0 Å². The van der Waals surface area contributed by atoms with Crippen LogP contribution in [0.2, 0.25) is 0 Å². The summed E-state index contributed by atoms with van der Waals surface area (Å²) in [6, 6.07) is 9.00. The molecule has 1 saturated heterocycles. The van der Waals surface area contributed by atoms with Crippen molar-refractivity contribution in [3.8, 4) is 0 Å². The first-order valence-electron chi connectivity index (χ1n) is 7.73. The van der Waals surface area contributed by atoms with Gasteiger partial charge < -0.3 is 10.6 Å². The molecule has 1 aromatic rings.